The lowest BCUT2D eigenvalue weighted by Gasteiger charge is -2.12. The highest BCUT2D eigenvalue weighted by Gasteiger charge is 2.24. The predicted octanol–water partition coefficient (Wildman–Crippen LogP) is 1.55. The molecule has 25 heavy (non-hydrogen) atoms. The number of ether oxygens (including phenoxy) is 1. The number of aromatic nitrogens is 2. The minimum Gasteiger partial charge on any atom is -0.383 e. The number of hydrogen-bond acceptors (Lipinski definition) is 7. The van der Waals surface area contributed by atoms with Crippen LogP contribution in [0.1, 0.15) is 11.1 Å². The Balaban J connectivity index is 2.17. The van der Waals surface area contributed by atoms with Gasteiger partial charge in [0.1, 0.15) is 15.8 Å². The molecule has 2 aromatic heterocycles. The van der Waals surface area contributed by atoms with Gasteiger partial charge >= 0.3 is 0 Å². The van der Waals surface area contributed by atoms with Gasteiger partial charge in [0.15, 0.2) is 0 Å². The van der Waals surface area contributed by atoms with Gasteiger partial charge in [0.25, 0.3) is 11.5 Å². The van der Waals surface area contributed by atoms with E-state index in [4.69, 9.17) is 17.0 Å². The molecule has 0 bridgehead atoms. The van der Waals surface area contributed by atoms with Gasteiger partial charge in [0.05, 0.1) is 17.1 Å². The van der Waals surface area contributed by atoms with Crippen LogP contribution in [0.15, 0.2) is 28.0 Å². The minimum absolute atomic E-state index is 0.257. The molecular formula is C16H16N4O3S2. The topological polar surface area (TPSA) is 84.7 Å². The van der Waals surface area contributed by atoms with Gasteiger partial charge in [-0.3, -0.25) is 14.0 Å². The van der Waals surface area contributed by atoms with Gasteiger partial charge in [-0.1, -0.05) is 30.0 Å². The van der Waals surface area contributed by atoms with Crippen molar-refractivity contribution in [1.82, 2.24) is 14.7 Å². The first-order valence-electron chi connectivity index (χ1n) is 7.51. The van der Waals surface area contributed by atoms with Gasteiger partial charge in [0.2, 0.25) is 0 Å². The van der Waals surface area contributed by atoms with Crippen LogP contribution in [0.5, 0.6) is 0 Å². The van der Waals surface area contributed by atoms with E-state index in [1.165, 1.54) is 10.5 Å². The molecule has 0 radical (unpaired) electrons. The van der Waals surface area contributed by atoms with Crippen molar-refractivity contribution in [2.75, 3.05) is 25.6 Å². The van der Waals surface area contributed by atoms with E-state index in [-0.39, 0.29) is 11.5 Å². The van der Waals surface area contributed by atoms with E-state index in [0.29, 0.717) is 39.4 Å². The molecule has 0 aliphatic carbocycles. The average molecular weight is 376 g/mol. The maximum absolute atomic E-state index is 12.9. The summed E-state index contributed by atoms with van der Waals surface area (Å²) < 4.78 is 6.88. The molecule has 0 atom stereocenters. The van der Waals surface area contributed by atoms with Crippen molar-refractivity contribution in [1.29, 1.82) is 0 Å². The maximum Gasteiger partial charge on any atom is 0.267 e. The number of nitrogens with one attached hydrogen (secondary N) is 2. The Morgan fingerprint density at radius 1 is 1.48 bits per heavy atom. The second kappa shape index (κ2) is 7.34. The summed E-state index contributed by atoms with van der Waals surface area (Å²) in [5, 5.41) is 5.65. The normalized spacial score (nSPS) is 15.8. The summed E-state index contributed by atoms with van der Waals surface area (Å²) >= 11 is 6.12. The van der Waals surface area contributed by atoms with E-state index >= 15 is 0 Å². The van der Waals surface area contributed by atoms with Crippen molar-refractivity contribution in [3.05, 3.63) is 44.7 Å². The third-order valence-corrected chi connectivity index (χ3v) is 4.76. The molecule has 130 valence electrons. The van der Waals surface area contributed by atoms with Gasteiger partial charge in [-0.05, 0) is 24.6 Å². The van der Waals surface area contributed by atoms with Crippen LogP contribution < -0.4 is 16.2 Å². The number of hydrogen-bond donors (Lipinski definition) is 2. The van der Waals surface area contributed by atoms with Crippen LogP contribution in [0.4, 0.5) is 5.82 Å². The number of carbonyl (C=O) groups excluding carboxylic acids is 1. The van der Waals surface area contributed by atoms with Crippen molar-refractivity contribution < 1.29 is 9.53 Å². The van der Waals surface area contributed by atoms with Gasteiger partial charge in [0, 0.05) is 19.9 Å². The first-order valence-corrected chi connectivity index (χ1v) is 8.73. The van der Waals surface area contributed by atoms with Crippen LogP contribution in [-0.2, 0) is 9.53 Å². The Kier molecular flexibility index (Phi) is 5.16. The summed E-state index contributed by atoms with van der Waals surface area (Å²) in [6, 6.07) is 3.67. The molecule has 1 amide bonds. The number of fused-ring (bicyclic) bond motifs is 1. The molecule has 3 rings (SSSR count). The maximum atomic E-state index is 12.9. The number of amides is 1. The quantitative estimate of drug-likeness (QED) is 0.465. The van der Waals surface area contributed by atoms with Crippen molar-refractivity contribution in [3.63, 3.8) is 0 Å². The lowest BCUT2D eigenvalue weighted by Crippen LogP contribution is -2.23. The van der Waals surface area contributed by atoms with E-state index in [9.17, 15) is 9.59 Å². The Labute approximate surface area is 153 Å². The molecule has 0 saturated carbocycles. The molecule has 2 aromatic rings. The number of carbonyl (C=O) groups is 1. The predicted molar refractivity (Wildman–Crippen MR) is 103 cm³/mol. The molecule has 0 aromatic carbocycles. The van der Waals surface area contributed by atoms with Gasteiger partial charge < -0.3 is 15.4 Å². The smallest absolute Gasteiger partial charge is 0.267 e. The first kappa shape index (κ1) is 17.6. The molecule has 9 heteroatoms. The zero-order valence-corrected chi connectivity index (χ0v) is 15.3. The van der Waals surface area contributed by atoms with E-state index < -0.39 is 0 Å². The highest BCUT2D eigenvalue weighted by molar-refractivity contribution is 8.26. The van der Waals surface area contributed by atoms with Gasteiger partial charge in [-0.25, -0.2) is 4.98 Å². The SMILES string of the molecule is COCCNc1nc2c(C)cccn2c(=O)c1/C=C1\SC(=S)NC1=O. The molecule has 3 heterocycles. The van der Waals surface area contributed by atoms with E-state index in [1.54, 1.807) is 19.4 Å². The third-order valence-electron chi connectivity index (χ3n) is 3.60. The zero-order chi connectivity index (χ0) is 18.0. The number of nitrogens with zero attached hydrogens (tertiary/aromatic N) is 2. The number of thioether (sulfide) groups is 1. The summed E-state index contributed by atoms with van der Waals surface area (Å²) in [4.78, 5) is 29.8. The van der Waals surface area contributed by atoms with Crippen LogP contribution in [-0.4, -0.2) is 39.9 Å². The number of anilines is 1. The molecule has 0 unspecified atom stereocenters. The molecule has 1 fully saturated rings. The van der Waals surface area contributed by atoms with Crippen LogP contribution in [0, 0.1) is 6.92 Å². The molecule has 1 saturated heterocycles. The van der Waals surface area contributed by atoms with E-state index in [0.717, 1.165) is 17.3 Å². The van der Waals surface area contributed by atoms with Crippen LogP contribution in [0.25, 0.3) is 11.7 Å². The molecule has 0 spiro atoms. The highest BCUT2D eigenvalue weighted by Crippen LogP contribution is 2.27. The molecule has 1 aliphatic rings. The Morgan fingerprint density at radius 3 is 2.96 bits per heavy atom. The minimum atomic E-state index is -0.313. The van der Waals surface area contributed by atoms with E-state index in [2.05, 4.69) is 15.6 Å². The lowest BCUT2D eigenvalue weighted by molar-refractivity contribution is -0.115. The Bertz CT molecular complexity index is 952. The Morgan fingerprint density at radius 2 is 2.28 bits per heavy atom. The van der Waals surface area contributed by atoms with Crippen molar-refractivity contribution in [3.8, 4) is 0 Å². The van der Waals surface area contributed by atoms with Gasteiger partial charge in [-0.2, -0.15) is 0 Å². The Hall–Kier alpha value is -2.23. The second-order valence-electron chi connectivity index (χ2n) is 5.34. The largest absolute Gasteiger partial charge is 0.383 e. The number of aryl methyl sites for hydroxylation is 1. The van der Waals surface area contributed by atoms with Crippen LogP contribution >= 0.6 is 24.0 Å². The van der Waals surface area contributed by atoms with Crippen LogP contribution in [0.3, 0.4) is 0 Å². The molecule has 2 N–H and O–H groups in total. The number of rotatable bonds is 5. The third kappa shape index (κ3) is 3.58. The number of methoxy groups -OCH3 is 1. The lowest BCUT2D eigenvalue weighted by atomic mass is 10.2. The summed E-state index contributed by atoms with van der Waals surface area (Å²) in [6.45, 7) is 2.83. The fourth-order valence-electron chi connectivity index (χ4n) is 2.40. The summed E-state index contributed by atoms with van der Waals surface area (Å²) in [7, 11) is 1.60. The zero-order valence-electron chi connectivity index (χ0n) is 13.7. The number of pyridine rings is 1. The first-order chi connectivity index (χ1) is 12.0. The standard InChI is InChI=1S/C16H16N4O3S2/c1-9-4-3-6-20-13(9)18-12(17-5-7-23-2)10(15(20)22)8-11-14(21)19-16(24)25-11/h3-4,6,8,17H,5,7H2,1-2H3,(H,19,21,24)/b11-8-. The molecule has 7 nitrogen and oxygen atoms in total. The highest BCUT2D eigenvalue weighted by atomic mass is 32.2. The fraction of sp³-hybridized carbons (Fsp3) is 0.250. The monoisotopic (exact) mass is 376 g/mol. The molecular weight excluding hydrogens is 360 g/mol. The second-order valence-corrected chi connectivity index (χ2v) is 7.05. The summed E-state index contributed by atoms with van der Waals surface area (Å²) in [5.74, 6) is 0.0987. The number of thiocarbonyl (C=S) groups is 1. The van der Waals surface area contributed by atoms with Crippen molar-refractivity contribution in [2.24, 2.45) is 0 Å². The van der Waals surface area contributed by atoms with E-state index in [1.807, 2.05) is 13.0 Å². The average Bonchev–Trinajstić information content (AvgIpc) is 2.89. The van der Waals surface area contributed by atoms with Crippen LogP contribution in [0.2, 0.25) is 0 Å². The fourth-order valence-corrected chi connectivity index (χ4v) is 3.43. The van der Waals surface area contributed by atoms with Crippen molar-refractivity contribution >= 4 is 51.7 Å². The summed E-state index contributed by atoms with van der Waals surface area (Å²) in [5.41, 5.74) is 1.49. The summed E-state index contributed by atoms with van der Waals surface area (Å²) in [6.07, 6.45) is 3.18. The molecule has 1 aliphatic heterocycles. The van der Waals surface area contributed by atoms with Gasteiger partial charge in [-0.15, -0.1) is 0 Å². The van der Waals surface area contributed by atoms with Crippen molar-refractivity contribution in [2.45, 2.75) is 6.92 Å².